The number of unbranched alkanes of at least 4 members (excludes halogenated alkanes) is 2. The normalized spacial score (nSPS) is 18.4. The molecule has 1 saturated heterocycles. The molecule has 9 rings (SSSR count). The van der Waals surface area contributed by atoms with E-state index in [4.69, 9.17) is 10.5 Å². The van der Waals surface area contributed by atoms with Gasteiger partial charge in [0.15, 0.2) is 11.6 Å². The Hall–Kier alpha value is -8.15. The summed E-state index contributed by atoms with van der Waals surface area (Å²) in [5.74, 6) is -4.46. The number of primary amides is 1. The Labute approximate surface area is 518 Å². The van der Waals surface area contributed by atoms with Crippen LogP contribution in [0, 0.1) is 25.1 Å². The summed E-state index contributed by atoms with van der Waals surface area (Å²) >= 11 is 1.55. The number of aryl methyl sites for hydroxylation is 3. The van der Waals surface area contributed by atoms with Crippen LogP contribution in [0.2, 0.25) is 0 Å². The molecule has 89 heavy (non-hydrogen) atoms. The number of ether oxygens (including phenoxy) is 1. The first kappa shape index (κ1) is 65.3. The van der Waals surface area contributed by atoms with Crippen LogP contribution in [0.3, 0.4) is 0 Å². The number of halogens is 1. The van der Waals surface area contributed by atoms with Crippen molar-refractivity contribution in [3.05, 3.63) is 135 Å². The Kier molecular flexibility index (Phi) is 20.0. The van der Waals surface area contributed by atoms with Crippen LogP contribution in [0.4, 0.5) is 10.1 Å². The molecule has 3 aliphatic heterocycles. The van der Waals surface area contributed by atoms with E-state index in [1.54, 1.807) is 29.8 Å². The number of aromatic nitrogens is 2. The van der Waals surface area contributed by atoms with Gasteiger partial charge in [-0.15, -0.1) is 11.3 Å². The number of thiazole rings is 1. The van der Waals surface area contributed by atoms with Crippen molar-refractivity contribution in [2.45, 2.75) is 155 Å². The van der Waals surface area contributed by atoms with Gasteiger partial charge in [-0.25, -0.2) is 9.37 Å². The van der Waals surface area contributed by atoms with E-state index < -0.39 is 102 Å². The van der Waals surface area contributed by atoms with Gasteiger partial charge in [-0.1, -0.05) is 75.7 Å². The highest BCUT2D eigenvalue weighted by molar-refractivity contribution is 7.70. The van der Waals surface area contributed by atoms with Crippen LogP contribution >= 0.6 is 18.9 Å². The Balaban J connectivity index is 0.780. The van der Waals surface area contributed by atoms with Crippen molar-refractivity contribution in [3.63, 3.8) is 0 Å². The van der Waals surface area contributed by atoms with E-state index in [-0.39, 0.29) is 74.6 Å². The lowest BCUT2D eigenvalue weighted by atomic mass is 9.85. The number of likely N-dealkylation sites (tertiary alicyclic amines) is 1. The molecule has 10 N–H and O–H groups in total. The molecule has 0 aliphatic carbocycles. The van der Waals surface area contributed by atoms with E-state index in [1.165, 1.54) is 40.1 Å². The van der Waals surface area contributed by atoms with Crippen LogP contribution in [-0.4, -0.2) is 126 Å². The van der Waals surface area contributed by atoms with E-state index in [0.717, 1.165) is 32.8 Å². The fourth-order valence-electron chi connectivity index (χ4n) is 11.9. The minimum Gasteiger partial charge on any atom is -0.488 e. The first-order chi connectivity index (χ1) is 42.2. The summed E-state index contributed by atoms with van der Waals surface area (Å²) in [7, 11) is -5.07. The van der Waals surface area contributed by atoms with E-state index in [9.17, 15) is 57.8 Å². The number of carbonyl (C=O) groups excluding carboxylic acids is 8. The van der Waals surface area contributed by atoms with E-state index in [1.807, 2.05) is 77.1 Å². The number of hydrogen-bond acceptors (Lipinski definition) is 13. The van der Waals surface area contributed by atoms with E-state index in [2.05, 4.69) is 31.2 Å². The maximum atomic E-state index is 16.4. The van der Waals surface area contributed by atoms with Crippen molar-refractivity contribution in [1.82, 2.24) is 36.1 Å². The van der Waals surface area contributed by atoms with Gasteiger partial charge < -0.3 is 56.5 Å². The number of fused-ring (bicyclic) bond motifs is 1. The topological polar surface area (TPSA) is 333 Å². The zero-order valence-corrected chi connectivity index (χ0v) is 52.1. The van der Waals surface area contributed by atoms with Gasteiger partial charge in [0.05, 0.1) is 40.0 Å². The summed E-state index contributed by atoms with van der Waals surface area (Å²) < 4.78 is 34.1. The molecule has 6 aromatic rings. The number of carbonyl (C=O) groups is 8. The number of nitrogens with zero attached hydrogens (tertiary/aromatic N) is 3. The fraction of sp³-hybridized carbons (Fsp3) is 0.422. The van der Waals surface area contributed by atoms with Gasteiger partial charge in [-0.3, -0.25) is 47.8 Å². The minimum atomic E-state index is -5.07. The number of hydrogen-bond donors (Lipinski definition) is 9. The van der Waals surface area contributed by atoms with Crippen molar-refractivity contribution in [2.24, 2.45) is 11.1 Å². The molecule has 0 radical (unpaired) electrons. The van der Waals surface area contributed by atoms with Crippen LogP contribution in [0.15, 0.2) is 84.4 Å². The Morgan fingerprint density at radius 2 is 1.64 bits per heavy atom. The van der Waals surface area contributed by atoms with Crippen molar-refractivity contribution in [1.29, 1.82) is 0 Å². The second kappa shape index (κ2) is 27.3. The molecule has 0 spiro atoms. The largest absolute Gasteiger partial charge is 0.488 e. The molecule has 22 nitrogen and oxygen atoms in total. The Morgan fingerprint density at radius 3 is 2.34 bits per heavy atom. The number of aliphatic hydroxyl groups is 1. The van der Waals surface area contributed by atoms with Crippen LogP contribution in [0.25, 0.3) is 21.3 Å². The van der Waals surface area contributed by atoms with Gasteiger partial charge in [0.25, 0.3) is 11.4 Å². The maximum absolute atomic E-state index is 16.4. The number of anilines is 1. The van der Waals surface area contributed by atoms with E-state index in [0.29, 0.717) is 59.8 Å². The molecule has 2 unspecified atom stereocenters. The summed E-state index contributed by atoms with van der Waals surface area (Å²) in [6.45, 7) is 10.7. The van der Waals surface area contributed by atoms with Gasteiger partial charge in [0.2, 0.25) is 35.4 Å². The summed E-state index contributed by atoms with van der Waals surface area (Å²) in [6.07, 6.45) is 1.43. The van der Waals surface area contributed by atoms with Crippen molar-refractivity contribution in [3.8, 4) is 16.2 Å². The molecule has 7 amide bonds. The van der Waals surface area contributed by atoms with E-state index >= 15 is 4.39 Å². The number of amides is 7. The molecule has 4 aromatic carbocycles. The third-order valence-electron chi connectivity index (χ3n) is 16.8. The third-order valence-corrected chi connectivity index (χ3v) is 18.5. The lowest BCUT2D eigenvalue weighted by molar-refractivity contribution is -0.144. The number of aromatic amines is 1. The number of H-pyrrole nitrogens is 1. The highest BCUT2D eigenvalue weighted by Gasteiger charge is 2.46. The molecule has 5 heterocycles. The van der Waals surface area contributed by atoms with Crippen LogP contribution in [-0.2, 0) is 52.6 Å². The molecular formula is C64H75FN9O13PS. The summed E-state index contributed by atoms with van der Waals surface area (Å²) in [5.41, 5.74) is 11.3. The van der Waals surface area contributed by atoms with Crippen molar-refractivity contribution in [2.75, 3.05) is 18.1 Å². The third kappa shape index (κ3) is 15.1. The summed E-state index contributed by atoms with van der Waals surface area (Å²) in [6, 6.07) is 16.3. The van der Waals surface area contributed by atoms with Gasteiger partial charge in [0, 0.05) is 48.7 Å². The Morgan fingerprint density at radius 1 is 0.910 bits per heavy atom. The van der Waals surface area contributed by atoms with Crippen LogP contribution in [0.1, 0.15) is 139 Å². The standard InChI is InChI=1S/C64H75FN9O13PS/c1-34-15-25-51(54(65)45(34)13-8-7-9-14-53(77)72-57(64(4,5)6)62(82)73-31-44(75)30-49(73)59(79)68-35(2)37-16-18-39(19-17-37)56-36(3)67-33-89-56)87-32-43(22-26-52(66)76)69-60(80)50-29-40-12-10-11-38-20-24-47(61(81)74(50)55(38)40)71-58(78)48-28-42-27-41(21-23-46(42)70-48)63(83)88(84,85)86/h10-12,15-19,21,23,25,27-28,33,35,43-44,47,49-50,57,70,75H,7-9,13-14,20,22,24,26,29-32H2,1-6H3,(H2,66,76)(H,68,79)(H,69,80)(H,71,78)(H,72,77)(H2,84,85,86)/t35-,43-,44+,47-,49?,50?,57+/m0/s1. The Bertz CT molecular complexity index is 3770. The molecule has 472 valence electrons. The highest BCUT2D eigenvalue weighted by Crippen LogP contribution is 2.41. The van der Waals surface area contributed by atoms with Crippen LogP contribution in [0.5, 0.6) is 5.75 Å². The molecule has 0 saturated carbocycles. The number of aliphatic hydroxyl groups excluding tert-OH is 1. The zero-order valence-electron chi connectivity index (χ0n) is 50.4. The second-order valence-electron chi connectivity index (χ2n) is 24.4. The van der Waals surface area contributed by atoms with Gasteiger partial charge in [-0.05, 0) is 128 Å². The van der Waals surface area contributed by atoms with Gasteiger partial charge >= 0.3 is 7.60 Å². The molecule has 3 aliphatic rings. The zero-order chi connectivity index (χ0) is 64.2. The maximum Gasteiger partial charge on any atom is 0.396 e. The molecule has 1 fully saturated rings. The minimum absolute atomic E-state index is 0.00787. The smallest absolute Gasteiger partial charge is 0.396 e. The number of para-hydroxylation sites is 1. The lowest BCUT2D eigenvalue weighted by Crippen LogP contribution is -2.57. The quantitative estimate of drug-likeness (QED) is 0.0226. The number of β-amino-alcohol motifs (C(OH)–C–C–N with tert-alkyl or cyclic N) is 1. The summed E-state index contributed by atoms with van der Waals surface area (Å²) in [4.78, 5) is 139. The number of nitrogens with one attached hydrogen (secondary N) is 5. The number of nitrogens with two attached hydrogens (primary N) is 1. The predicted molar refractivity (Wildman–Crippen MR) is 331 cm³/mol. The van der Waals surface area contributed by atoms with Crippen molar-refractivity contribution >= 4 is 82.4 Å². The monoisotopic (exact) mass is 1260 g/mol. The highest BCUT2D eigenvalue weighted by atomic mass is 32.1. The average molecular weight is 1260 g/mol. The molecule has 7 atom stereocenters. The lowest BCUT2D eigenvalue weighted by Gasteiger charge is -2.35. The second-order valence-corrected chi connectivity index (χ2v) is 26.7. The predicted octanol–water partition coefficient (Wildman–Crippen LogP) is 6.67. The molecular weight excluding hydrogens is 1180 g/mol. The number of rotatable bonds is 24. The van der Waals surface area contributed by atoms with Crippen LogP contribution < -0.4 is 36.6 Å². The fourth-order valence-corrected chi connectivity index (χ4v) is 13.2. The SMILES string of the molecule is Cc1ccc(OC[C@H](CCC(N)=O)NC(=O)C2Cc3cccc4c3N2C(=O)[C@@H](NC(=O)c2cc3cc(C(=O)P(=O)(O)O)ccc3[nH]2)CC4)c(F)c1CCCCCC(=O)N[C@H](C(=O)N1C[C@H](O)CC1C(=O)N[C@@H](C)c1ccc(-c2scnc2C)cc1)C(C)(C)C. The molecule has 2 aromatic heterocycles. The summed E-state index contributed by atoms with van der Waals surface area (Å²) in [5, 5.41) is 22.7. The first-order valence-electron chi connectivity index (χ1n) is 29.7. The van der Waals surface area contributed by atoms with Gasteiger partial charge in [0.1, 0.15) is 36.5 Å². The number of benzene rings is 4. The van der Waals surface area contributed by atoms with Gasteiger partial charge in [-0.2, -0.15) is 0 Å². The first-order valence-corrected chi connectivity index (χ1v) is 32.2. The molecule has 25 heteroatoms. The average Bonchev–Trinajstić information content (AvgIpc) is 1.84. The van der Waals surface area contributed by atoms with Crippen molar-refractivity contribution < 1.29 is 66.9 Å². The molecule has 0 bridgehead atoms.